The molecular formula is C15H13N. The molecule has 0 aliphatic rings. The first-order valence-electron chi connectivity index (χ1n) is 5.22. The van der Waals surface area contributed by atoms with Crippen molar-refractivity contribution in [1.29, 1.82) is 5.41 Å². The zero-order chi connectivity index (χ0) is 11.2. The average molecular weight is 207 g/mol. The molecule has 0 atom stereocenters. The van der Waals surface area contributed by atoms with Gasteiger partial charge in [0, 0.05) is 6.21 Å². The fourth-order valence-corrected chi connectivity index (χ4v) is 1.46. The van der Waals surface area contributed by atoms with Crippen LogP contribution in [0.2, 0.25) is 0 Å². The third-order valence-electron chi connectivity index (χ3n) is 2.37. The van der Waals surface area contributed by atoms with Crippen molar-refractivity contribution in [1.82, 2.24) is 0 Å². The predicted octanol–water partition coefficient (Wildman–Crippen LogP) is 3.85. The Labute approximate surface area is 95.6 Å². The lowest BCUT2D eigenvalue weighted by Gasteiger charge is -1.95. The first kappa shape index (κ1) is 10.4. The van der Waals surface area contributed by atoms with Crippen LogP contribution in [0.15, 0.2) is 54.6 Å². The van der Waals surface area contributed by atoms with Gasteiger partial charge in [-0.15, -0.1) is 0 Å². The van der Waals surface area contributed by atoms with E-state index in [9.17, 15) is 0 Å². The number of nitrogens with one attached hydrogen (secondary N) is 1. The summed E-state index contributed by atoms with van der Waals surface area (Å²) in [5.41, 5.74) is 3.27. The van der Waals surface area contributed by atoms with E-state index in [4.69, 9.17) is 5.41 Å². The summed E-state index contributed by atoms with van der Waals surface area (Å²) in [6, 6.07) is 18.1. The van der Waals surface area contributed by atoms with Gasteiger partial charge in [0.25, 0.3) is 0 Å². The minimum atomic E-state index is 0.928. The van der Waals surface area contributed by atoms with Gasteiger partial charge < -0.3 is 5.41 Å². The molecule has 1 N–H and O–H groups in total. The van der Waals surface area contributed by atoms with Crippen molar-refractivity contribution in [2.75, 3.05) is 0 Å². The Morgan fingerprint density at radius 2 is 1.12 bits per heavy atom. The number of hydrogen-bond acceptors (Lipinski definition) is 1. The van der Waals surface area contributed by atoms with Gasteiger partial charge in [-0.2, -0.15) is 0 Å². The summed E-state index contributed by atoms with van der Waals surface area (Å²) < 4.78 is 0. The van der Waals surface area contributed by atoms with Gasteiger partial charge in [0.1, 0.15) is 0 Å². The zero-order valence-electron chi connectivity index (χ0n) is 8.93. The van der Waals surface area contributed by atoms with E-state index in [0.29, 0.717) is 0 Å². The van der Waals surface area contributed by atoms with Crippen molar-refractivity contribution < 1.29 is 0 Å². The second kappa shape index (κ2) is 5.08. The van der Waals surface area contributed by atoms with Crippen LogP contribution in [0.5, 0.6) is 0 Å². The van der Waals surface area contributed by atoms with Crippen molar-refractivity contribution in [3.05, 3.63) is 71.3 Å². The summed E-state index contributed by atoms with van der Waals surface area (Å²) >= 11 is 0. The van der Waals surface area contributed by atoms with Crippen LogP contribution in [0, 0.1) is 5.41 Å². The molecule has 0 heterocycles. The molecule has 0 fully saturated rings. The summed E-state index contributed by atoms with van der Waals surface area (Å²) in [5.74, 6) is 0. The second-order valence-electron chi connectivity index (χ2n) is 3.56. The Bertz CT molecular complexity index is 481. The molecule has 0 aliphatic heterocycles. The second-order valence-corrected chi connectivity index (χ2v) is 3.56. The Morgan fingerprint density at radius 3 is 1.69 bits per heavy atom. The van der Waals surface area contributed by atoms with Crippen LogP contribution in [0.25, 0.3) is 12.2 Å². The van der Waals surface area contributed by atoms with Gasteiger partial charge in [-0.3, -0.25) is 0 Å². The first-order valence-corrected chi connectivity index (χ1v) is 5.22. The number of benzene rings is 2. The lowest BCUT2D eigenvalue weighted by molar-refractivity contribution is 1.53. The maximum atomic E-state index is 7.11. The summed E-state index contributed by atoms with van der Waals surface area (Å²) in [5, 5.41) is 7.11. The molecule has 1 nitrogen and oxygen atoms in total. The standard InChI is InChI=1S/C15H13N/c16-12-15-10-8-14(9-11-15)7-6-13-4-2-1-3-5-13/h1-12,16H/b7-6-,16-12?. The molecule has 0 amide bonds. The fourth-order valence-electron chi connectivity index (χ4n) is 1.46. The Balaban J connectivity index is 2.14. The van der Waals surface area contributed by atoms with Crippen molar-refractivity contribution in [2.45, 2.75) is 0 Å². The van der Waals surface area contributed by atoms with Crippen molar-refractivity contribution in [3.63, 3.8) is 0 Å². The molecule has 0 aromatic heterocycles. The smallest absolute Gasteiger partial charge is 0.0250 e. The predicted molar refractivity (Wildman–Crippen MR) is 69.7 cm³/mol. The highest BCUT2D eigenvalue weighted by Crippen LogP contribution is 2.08. The third kappa shape index (κ3) is 2.67. The van der Waals surface area contributed by atoms with E-state index in [1.54, 1.807) is 0 Å². The minimum absolute atomic E-state index is 0.928. The van der Waals surface area contributed by atoms with Crippen LogP contribution in [-0.4, -0.2) is 6.21 Å². The van der Waals surface area contributed by atoms with Gasteiger partial charge in [-0.25, -0.2) is 0 Å². The molecule has 0 saturated carbocycles. The molecule has 1 heteroatoms. The highest BCUT2D eigenvalue weighted by molar-refractivity contribution is 5.78. The van der Waals surface area contributed by atoms with Gasteiger partial charge in [-0.1, -0.05) is 66.7 Å². The molecule has 16 heavy (non-hydrogen) atoms. The highest BCUT2D eigenvalue weighted by atomic mass is 14.3. The minimum Gasteiger partial charge on any atom is -0.308 e. The maximum Gasteiger partial charge on any atom is 0.0250 e. The first-order chi connectivity index (χ1) is 7.88. The van der Waals surface area contributed by atoms with E-state index in [1.807, 2.05) is 42.5 Å². The average Bonchev–Trinajstić information content (AvgIpc) is 2.38. The summed E-state index contributed by atoms with van der Waals surface area (Å²) in [7, 11) is 0. The van der Waals surface area contributed by atoms with Crippen molar-refractivity contribution >= 4 is 18.4 Å². The van der Waals surface area contributed by atoms with Crippen LogP contribution >= 0.6 is 0 Å². The zero-order valence-corrected chi connectivity index (χ0v) is 8.93. The quantitative estimate of drug-likeness (QED) is 0.584. The summed E-state index contributed by atoms with van der Waals surface area (Å²) in [6.07, 6.45) is 5.51. The van der Waals surface area contributed by atoms with Crippen molar-refractivity contribution in [2.24, 2.45) is 0 Å². The SMILES string of the molecule is N=Cc1ccc(/C=C\c2ccccc2)cc1. The van der Waals surface area contributed by atoms with Crippen LogP contribution < -0.4 is 0 Å². The fraction of sp³-hybridized carbons (Fsp3) is 0. The molecular weight excluding hydrogens is 194 g/mol. The summed E-state index contributed by atoms with van der Waals surface area (Å²) in [4.78, 5) is 0. The lowest BCUT2D eigenvalue weighted by atomic mass is 10.1. The van der Waals surface area contributed by atoms with E-state index in [2.05, 4.69) is 24.3 Å². The van der Waals surface area contributed by atoms with Gasteiger partial charge in [0.05, 0.1) is 0 Å². The van der Waals surface area contributed by atoms with Crippen LogP contribution in [0.3, 0.4) is 0 Å². The van der Waals surface area contributed by atoms with E-state index < -0.39 is 0 Å². The molecule has 0 radical (unpaired) electrons. The van der Waals surface area contributed by atoms with Gasteiger partial charge in [0.15, 0.2) is 0 Å². The van der Waals surface area contributed by atoms with Gasteiger partial charge >= 0.3 is 0 Å². The number of rotatable bonds is 3. The highest BCUT2D eigenvalue weighted by Gasteiger charge is 1.88. The Morgan fingerprint density at radius 1 is 0.625 bits per heavy atom. The monoisotopic (exact) mass is 207 g/mol. The van der Waals surface area contributed by atoms with Crippen LogP contribution in [0.4, 0.5) is 0 Å². The van der Waals surface area contributed by atoms with E-state index in [-0.39, 0.29) is 0 Å². The van der Waals surface area contributed by atoms with Gasteiger partial charge in [0.2, 0.25) is 0 Å². The molecule has 0 saturated heterocycles. The third-order valence-corrected chi connectivity index (χ3v) is 2.37. The molecule has 0 bridgehead atoms. The molecule has 0 aliphatic carbocycles. The molecule has 78 valence electrons. The molecule has 2 rings (SSSR count). The Hall–Kier alpha value is -2.15. The van der Waals surface area contributed by atoms with E-state index in [0.717, 1.165) is 11.1 Å². The normalized spacial score (nSPS) is 10.5. The lowest BCUT2D eigenvalue weighted by Crippen LogP contribution is -1.78. The maximum absolute atomic E-state index is 7.11. The molecule has 2 aromatic carbocycles. The topological polar surface area (TPSA) is 23.9 Å². The number of hydrogen-bond donors (Lipinski definition) is 1. The van der Waals surface area contributed by atoms with E-state index >= 15 is 0 Å². The Kier molecular flexibility index (Phi) is 3.29. The van der Waals surface area contributed by atoms with E-state index in [1.165, 1.54) is 11.8 Å². The molecule has 0 spiro atoms. The van der Waals surface area contributed by atoms with Gasteiger partial charge in [-0.05, 0) is 16.7 Å². The molecule has 2 aromatic rings. The van der Waals surface area contributed by atoms with Crippen molar-refractivity contribution in [3.8, 4) is 0 Å². The largest absolute Gasteiger partial charge is 0.308 e. The van der Waals surface area contributed by atoms with Crippen LogP contribution in [-0.2, 0) is 0 Å². The molecule has 0 unspecified atom stereocenters. The van der Waals surface area contributed by atoms with Crippen LogP contribution in [0.1, 0.15) is 16.7 Å². The summed E-state index contributed by atoms with van der Waals surface area (Å²) in [6.45, 7) is 0.